The average Bonchev–Trinajstić information content (AvgIpc) is 2.75. The summed E-state index contributed by atoms with van der Waals surface area (Å²) in [7, 11) is -3.67. The van der Waals surface area contributed by atoms with Gasteiger partial charge in [0.05, 0.1) is 6.42 Å². The van der Waals surface area contributed by atoms with Gasteiger partial charge in [0.2, 0.25) is 15.9 Å². The van der Waals surface area contributed by atoms with E-state index in [4.69, 9.17) is 5.14 Å². The molecule has 1 aliphatic rings. The molecule has 21 heavy (non-hydrogen) atoms. The zero-order valence-corrected chi connectivity index (χ0v) is 14.0. The monoisotopic (exact) mass is 330 g/mol. The molecule has 2 rings (SSSR count). The van der Waals surface area contributed by atoms with Crippen LogP contribution in [0.2, 0.25) is 0 Å². The number of hydrogen-bond acceptors (Lipinski definition) is 4. The minimum atomic E-state index is -3.67. The average molecular weight is 330 g/mol. The number of carbonyl (C=O) groups excluding carboxylic acids is 1. The van der Waals surface area contributed by atoms with Crippen molar-refractivity contribution >= 4 is 27.3 Å². The standard InChI is InChI=1S/C14H22N2O3S2/c1-9-5-10(2)7-11(6-9)16-13(17)8-12-3-4-14(20-12)21(15,18)19/h3-4,9-11H,5-8H2,1-2H3,(H,16,17)(H2,15,18,19). The summed E-state index contributed by atoms with van der Waals surface area (Å²) in [6, 6.07) is 3.33. The lowest BCUT2D eigenvalue weighted by atomic mass is 9.80. The van der Waals surface area contributed by atoms with Crippen molar-refractivity contribution in [3.05, 3.63) is 17.0 Å². The van der Waals surface area contributed by atoms with E-state index >= 15 is 0 Å². The van der Waals surface area contributed by atoms with Gasteiger partial charge in [0.1, 0.15) is 4.21 Å². The van der Waals surface area contributed by atoms with Crippen LogP contribution in [0.3, 0.4) is 0 Å². The third-order valence-corrected chi connectivity index (χ3v) is 6.32. The van der Waals surface area contributed by atoms with Crippen LogP contribution in [-0.2, 0) is 21.2 Å². The lowest BCUT2D eigenvalue weighted by Crippen LogP contribution is -2.40. The number of amides is 1. The van der Waals surface area contributed by atoms with Crippen LogP contribution in [0.5, 0.6) is 0 Å². The quantitative estimate of drug-likeness (QED) is 0.883. The second kappa shape index (κ2) is 6.46. The second-order valence-electron chi connectivity index (χ2n) is 6.12. The molecule has 2 unspecified atom stereocenters. The number of rotatable bonds is 4. The van der Waals surface area contributed by atoms with Gasteiger partial charge in [-0.2, -0.15) is 0 Å². The van der Waals surface area contributed by atoms with E-state index in [-0.39, 0.29) is 22.6 Å². The van der Waals surface area contributed by atoms with E-state index in [9.17, 15) is 13.2 Å². The Hall–Kier alpha value is -0.920. The smallest absolute Gasteiger partial charge is 0.247 e. The van der Waals surface area contributed by atoms with Crippen molar-refractivity contribution in [2.24, 2.45) is 17.0 Å². The lowest BCUT2D eigenvalue weighted by Gasteiger charge is -2.31. The normalized spacial score (nSPS) is 26.5. The van der Waals surface area contributed by atoms with Crippen molar-refractivity contribution in [2.75, 3.05) is 0 Å². The summed E-state index contributed by atoms with van der Waals surface area (Å²) < 4.78 is 22.5. The molecule has 0 aliphatic heterocycles. The molecule has 1 amide bonds. The summed E-state index contributed by atoms with van der Waals surface area (Å²) in [5.41, 5.74) is 0. The van der Waals surface area contributed by atoms with Gasteiger partial charge in [0, 0.05) is 10.9 Å². The maximum Gasteiger partial charge on any atom is 0.247 e. The minimum absolute atomic E-state index is 0.0517. The van der Waals surface area contributed by atoms with E-state index in [0.29, 0.717) is 16.7 Å². The van der Waals surface area contributed by atoms with Crippen molar-refractivity contribution < 1.29 is 13.2 Å². The maximum absolute atomic E-state index is 12.1. The highest BCUT2D eigenvalue weighted by Crippen LogP contribution is 2.28. The van der Waals surface area contributed by atoms with Crippen molar-refractivity contribution in [1.82, 2.24) is 5.32 Å². The maximum atomic E-state index is 12.1. The van der Waals surface area contributed by atoms with E-state index < -0.39 is 10.0 Å². The number of sulfonamides is 1. The van der Waals surface area contributed by atoms with Crippen LogP contribution in [0.15, 0.2) is 16.3 Å². The van der Waals surface area contributed by atoms with Gasteiger partial charge in [-0.15, -0.1) is 11.3 Å². The van der Waals surface area contributed by atoms with Gasteiger partial charge in [-0.25, -0.2) is 13.6 Å². The fourth-order valence-corrected chi connectivity index (χ4v) is 4.89. The number of nitrogens with one attached hydrogen (secondary N) is 1. The molecule has 1 fully saturated rings. The van der Waals surface area contributed by atoms with Crippen LogP contribution in [-0.4, -0.2) is 20.4 Å². The molecular formula is C14H22N2O3S2. The zero-order valence-electron chi connectivity index (χ0n) is 12.3. The molecule has 0 spiro atoms. The molecule has 1 aromatic rings. The van der Waals surface area contributed by atoms with Crippen LogP contribution in [0.25, 0.3) is 0 Å². The second-order valence-corrected chi connectivity index (χ2v) is 9.08. The molecule has 7 heteroatoms. The molecule has 3 N–H and O–H groups in total. The molecule has 1 heterocycles. The molecule has 1 aliphatic carbocycles. The first-order chi connectivity index (χ1) is 9.74. The summed E-state index contributed by atoms with van der Waals surface area (Å²) in [4.78, 5) is 12.8. The molecular weight excluding hydrogens is 308 g/mol. The minimum Gasteiger partial charge on any atom is -0.353 e. The third kappa shape index (κ3) is 4.79. The molecule has 5 nitrogen and oxygen atoms in total. The predicted octanol–water partition coefficient (Wildman–Crippen LogP) is 1.88. The van der Waals surface area contributed by atoms with E-state index in [1.165, 1.54) is 12.5 Å². The summed E-state index contributed by atoms with van der Waals surface area (Å²) >= 11 is 1.06. The fourth-order valence-electron chi connectivity index (χ4n) is 3.11. The number of primary sulfonamides is 1. The zero-order chi connectivity index (χ0) is 15.6. The topological polar surface area (TPSA) is 89.3 Å². The Morgan fingerprint density at radius 2 is 1.90 bits per heavy atom. The van der Waals surface area contributed by atoms with Gasteiger partial charge in [-0.05, 0) is 43.2 Å². The number of carbonyl (C=O) groups is 1. The molecule has 0 radical (unpaired) electrons. The van der Waals surface area contributed by atoms with Crippen molar-refractivity contribution in [3.8, 4) is 0 Å². The first-order valence-electron chi connectivity index (χ1n) is 7.15. The molecule has 118 valence electrons. The Morgan fingerprint density at radius 3 is 2.43 bits per heavy atom. The van der Waals surface area contributed by atoms with E-state index in [2.05, 4.69) is 19.2 Å². The largest absolute Gasteiger partial charge is 0.353 e. The van der Waals surface area contributed by atoms with Gasteiger partial charge in [-0.1, -0.05) is 13.8 Å². The molecule has 1 saturated carbocycles. The van der Waals surface area contributed by atoms with Gasteiger partial charge >= 0.3 is 0 Å². The van der Waals surface area contributed by atoms with Crippen molar-refractivity contribution in [1.29, 1.82) is 0 Å². The SMILES string of the molecule is CC1CC(C)CC(NC(=O)Cc2ccc(S(N)(=O)=O)s2)C1. The summed E-state index contributed by atoms with van der Waals surface area (Å²) in [6.07, 6.45) is 3.46. The van der Waals surface area contributed by atoms with E-state index in [1.807, 2.05) is 0 Å². The highest BCUT2D eigenvalue weighted by Gasteiger charge is 2.25. The van der Waals surface area contributed by atoms with Crippen LogP contribution in [0, 0.1) is 11.8 Å². The summed E-state index contributed by atoms with van der Waals surface area (Å²) in [5, 5.41) is 8.13. The van der Waals surface area contributed by atoms with Gasteiger partial charge in [0.25, 0.3) is 0 Å². The Kier molecular flexibility index (Phi) is 5.06. The lowest BCUT2D eigenvalue weighted by molar-refractivity contribution is -0.121. The molecule has 1 aromatic heterocycles. The number of thiophene rings is 1. The molecule has 2 atom stereocenters. The summed E-state index contributed by atoms with van der Waals surface area (Å²) in [5.74, 6) is 1.22. The Morgan fingerprint density at radius 1 is 1.29 bits per heavy atom. The summed E-state index contributed by atoms with van der Waals surface area (Å²) in [6.45, 7) is 4.43. The highest BCUT2D eigenvalue weighted by atomic mass is 32.2. The van der Waals surface area contributed by atoms with E-state index in [0.717, 1.165) is 24.2 Å². The highest BCUT2D eigenvalue weighted by molar-refractivity contribution is 7.91. The Labute approximate surface area is 130 Å². The van der Waals surface area contributed by atoms with Gasteiger partial charge in [0.15, 0.2) is 0 Å². The fraction of sp³-hybridized carbons (Fsp3) is 0.643. The van der Waals surface area contributed by atoms with Gasteiger partial charge < -0.3 is 5.32 Å². The Balaban J connectivity index is 1.91. The van der Waals surface area contributed by atoms with Crippen molar-refractivity contribution in [2.45, 2.75) is 49.8 Å². The third-order valence-electron chi connectivity index (χ3n) is 3.80. The van der Waals surface area contributed by atoms with Crippen LogP contribution in [0.4, 0.5) is 0 Å². The van der Waals surface area contributed by atoms with Crippen LogP contribution in [0.1, 0.15) is 38.0 Å². The van der Waals surface area contributed by atoms with Crippen molar-refractivity contribution in [3.63, 3.8) is 0 Å². The molecule has 0 bridgehead atoms. The Bertz CT molecular complexity index is 599. The molecule has 0 aromatic carbocycles. The number of nitrogens with two attached hydrogens (primary N) is 1. The number of hydrogen-bond donors (Lipinski definition) is 2. The van der Waals surface area contributed by atoms with Crippen LogP contribution < -0.4 is 10.5 Å². The first-order valence-corrected chi connectivity index (χ1v) is 9.51. The van der Waals surface area contributed by atoms with Gasteiger partial charge in [-0.3, -0.25) is 4.79 Å². The molecule has 0 saturated heterocycles. The van der Waals surface area contributed by atoms with Crippen LogP contribution >= 0.6 is 11.3 Å². The first kappa shape index (κ1) is 16.5. The predicted molar refractivity (Wildman–Crippen MR) is 83.5 cm³/mol. The van der Waals surface area contributed by atoms with E-state index in [1.54, 1.807) is 6.07 Å².